The molecule has 0 aliphatic rings. The summed E-state index contributed by atoms with van der Waals surface area (Å²) in [7, 11) is 0. The van der Waals surface area contributed by atoms with E-state index in [1.54, 1.807) is 54.7 Å². The van der Waals surface area contributed by atoms with E-state index in [1.807, 2.05) is 30.3 Å². The number of carbonyl (C=O) groups excluding carboxylic acids is 2. The van der Waals surface area contributed by atoms with Crippen molar-refractivity contribution >= 4 is 50.7 Å². The number of aliphatic hydroxyl groups is 1. The lowest BCUT2D eigenvalue weighted by Gasteiger charge is -2.13. The zero-order valence-electron chi connectivity index (χ0n) is 19.6. The summed E-state index contributed by atoms with van der Waals surface area (Å²) >= 11 is 0. The molecule has 5 aromatic rings. The average molecular weight is 494 g/mol. The van der Waals surface area contributed by atoms with Crippen LogP contribution in [-0.2, 0) is 0 Å². The van der Waals surface area contributed by atoms with Crippen LogP contribution >= 0.6 is 0 Å². The first kappa shape index (κ1) is 23.7. The molecular formula is C28H23N5O4. The van der Waals surface area contributed by atoms with Crippen molar-refractivity contribution in [3.05, 3.63) is 107 Å². The summed E-state index contributed by atoms with van der Waals surface area (Å²) in [4.78, 5) is 45.1. The number of benzene rings is 3. The van der Waals surface area contributed by atoms with Gasteiger partial charge in [-0.1, -0.05) is 30.3 Å². The second-order valence-electron chi connectivity index (χ2n) is 8.27. The minimum absolute atomic E-state index is 0.0802. The molecule has 0 bridgehead atoms. The number of H-pyrrole nitrogens is 1. The molecule has 37 heavy (non-hydrogen) atoms. The molecule has 2 amide bonds. The number of hydrogen-bond donors (Lipinski definition) is 5. The number of rotatable bonds is 7. The second-order valence-corrected chi connectivity index (χ2v) is 8.27. The minimum Gasteiger partial charge on any atom is -0.395 e. The third kappa shape index (κ3) is 4.89. The SMILES string of the molecule is O=C(Nc1ccc(Nc2ccnc3[nH]c(=O)c4c(C(=O)NCCO)cccc4c23)cc1)c1ccccc1. The molecule has 9 nitrogen and oxygen atoms in total. The number of carbonyl (C=O) groups is 2. The molecule has 3 aromatic carbocycles. The van der Waals surface area contributed by atoms with Crippen LogP contribution in [0.4, 0.5) is 17.1 Å². The number of aromatic nitrogens is 2. The first-order chi connectivity index (χ1) is 18.0. The molecule has 0 saturated carbocycles. The van der Waals surface area contributed by atoms with Gasteiger partial charge in [0, 0.05) is 40.5 Å². The smallest absolute Gasteiger partial charge is 0.258 e. The highest BCUT2D eigenvalue weighted by Gasteiger charge is 2.17. The van der Waals surface area contributed by atoms with Gasteiger partial charge in [0.2, 0.25) is 0 Å². The number of aliphatic hydroxyl groups excluding tert-OH is 1. The molecule has 2 aromatic heterocycles. The molecule has 184 valence electrons. The van der Waals surface area contributed by atoms with Crippen molar-refractivity contribution in [2.75, 3.05) is 23.8 Å². The lowest BCUT2D eigenvalue weighted by molar-refractivity contribution is 0.0945. The van der Waals surface area contributed by atoms with Crippen LogP contribution < -0.4 is 21.5 Å². The Morgan fingerprint density at radius 3 is 2.35 bits per heavy atom. The Balaban J connectivity index is 1.48. The van der Waals surface area contributed by atoms with Gasteiger partial charge >= 0.3 is 0 Å². The molecule has 5 N–H and O–H groups in total. The van der Waals surface area contributed by atoms with Gasteiger partial charge in [0.1, 0.15) is 5.65 Å². The van der Waals surface area contributed by atoms with Crippen molar-refractivity contribution in [3.8, 4) is 0 Å². The monoisotopic (exact) mass is 493 g/mol. The van der Waals surface area contributed by atoms with Crippen LogP contribution in [0, 0.1) is 0 Å². The Morgan fingerprint density at radius 2 is 1.59 bits per heavy atom. The van der Waals surface area contributed by atoms with Crippen LogP contribution in [0.5, 0.6) is 0 Å². The average Bonchev–Trinajstić information content (AvgIpc) is 2.93. The third-order valence-corrected chi connectivity index (χ3v) is 5.84. The highest BCUT2D eigenvalue weighted by atomic mass is 16.3. The second kappa shape index (κ2) is 10.3. The Hall–Kier alpha value is -5.02. The molecule has 0 atom stereocenters. The third-order valence-electron chi connectivity index (χ3n) is 5.84. The summed E-state index contributed by atoms with van der Waals surface area (Å²) in [6.45, 7) is -0.126. The largest absolute Gasteiger partial charge is 0.395 e. The molecule has 5 rings (SSSR count). The minimum atomic E-state index is -0.448. The number of nitrogens with one attached hydrogen (secondary N) is 4. The van der Waals surface area contributed by atoms with Crippen LogP contribution in [0.15, 0.2) is 89.9 Å². The summed E-state index contributed by atoms with van der Waals surface area (Å²) in [5.74, 6) is -0.647. The Kier molecular flexibility index (Phi) is 6.60. The molecule has 9 heteroatoms. The Bertz CT molecular complexity index is 1660. The van der Waals surface area contributed by atoms with Gasteiger partial charge in [-0.3, -0.25) is 14.4 Å². The standard InChI is InChI=1S/C28H23N5O4/c34-16-15-30-27(36)21-8-4-7-20-23(21)28(37)33-25-24(20)22(13-14-29-25)31-18-9-11-19(12-10-18)32-26(35)17-5-2-1-3-6-17/h1-14,34H,15-16H2,(H,30,36)(H,32,35)(H2,29,31,33,37). The van der Waals surface area contributed by atoms with E-state index >= 15 is 0 Å². The van der Waals surface area contributed by atoms with E-state index in [0.29, 0.717) is 33.4 Å². The molecule has 0 radical (unpaired) electrons. The Labute approximate surface area is 211 Å². The highest BCUT2D eigenvalue weighted by Crippen LogP contribution is 2.31. The normalized spacial score (nSPS) is 10.8. The maximum atomic E-state index is 12.9. The van der Waals surface area contributed by atoms with E-state index in [-0.39, 0.29) is 30.0 Å². The van der Waals surface area contributed by atoms with Crippen LogP contribution in [0.1, 0.15) is 20.7 Å². The van der Waals surface area contributed by atoms with Gasteiger partial charge in [-0.2, -0.15) is 0 Å². The number of nitrogens with zero attached hydrogens (tertiary/aromatic N) is 1. The van der Waals surface area contributed by atoms with Crippen molar-refractivity contribution in [2.45, 2.75) is 0 Å². The van der Waals surface area contributed by atoms with Gasteiger partial charge in [-0.25, -0.2) is 4.98 Å². The van der Waals surface area contributed by atoms with Gasteiger partial charge in [0.15, 0.2) is 0 Å². The van der Waals surface area contributed by atoms with Crippen LogP contribution in [0.3, 0.4) is 0 Å². The van der Waals surface area contributed by atoms with Crippen molar-refractivity contribution in [2.24, 2.45) is 0 Å². The molecule has 0 spiro atoms. The van der Waals surface area contributed by atoms with E-state index in [2.05, 4.69) is 25.9 Å². The van der Waals surface area contributed by atoms with E-state index in [9.17, 15) is 14.4 Å². The van der Waals surface area contributed by atoms with Crippen LogP contribution in [-0.4, -0.2) is 40.0 Å². The van der Waals surface area contributed by atoms with Gasteiger partial charge in [0.05, 0.1) is 23.2 Å². The van der Waals surface area contributed by atoms with Crippen LogP contribution in [0.25, 0.3) is 21.8 Å². The van der Waals surface area contributed by atoms with Crippen LogP contribution in [0.2, 0.25) is 0 Å². The van der Waals surface area contributed by atoms with Crippen molar-refractivity contribution in [1.82, 2.24) is 15.3 Å². The number of amides is 2. The molecular weight excluding hydrogens is 470 g/mol. The quantitative estimate of drug-likeness (QED) is 0.219. The first-order valence-electron chi connectivity index (χ1n) is 11.6. The van der Waals surface area contributed by atoms with Crippen molar-refractivity contribution in [1.29, 1.82) is 0 Å². The van der Waals surface area contributed by atoms with E-state index in [4.69, 9.17) is 5.11 Å². The van der Waals surface area contributed by atoms with Gasteiger partial charge in [0.25, 0.3) is 17.4 Å². The number of fused-ring (bicyclic) bond motifs is 3. The summed E-state index contributed by atoms with van der Waals surface area (Å²) in [6.07, 6.45) is 1.58. The molecule has 0 fully saturated rings. The first-order valence-corrected chi connectivity index (χ1v) is 11.6. The van der Waals surface area contributed by atoms with Gasteiger partial charge < -0.3 is 26.0 Å². The van der Waals surface area contributed by atoms with E-state index < -0.39 is 11.5 Å². The molecule has 0 unspecified atom stereocenters. The lowest BCUT2D eigenvalue weighted by atomic mass is 10.0. The topological polar surface area (TPSA) is 136 Å². The fourth-order valence-electron chi connectivity index (χ4n) is 4.15. The summed E-state index contributed by atoms with van der Waals surface area (Å²) in [5, 5.41) is 19.3. The molecule has 0 aliphatic heterocycles. The van der Waals surface area contributed by atoms with E-state index in [1.165, 1.54) is 0 Å². The maximum absolute atomic E-state index is 12.9. The van der Waals surface area contributed by atoms with Gasteiger partial charge in [-0.15, -0.1) is 0 Å². The number of pyridine rings is 2. The zero-order chi connectivity index (χ0) is 25.8. The lowest BCUT2D eigenvalue weighted by Crippen LogP contribution is -2.27. The molecule has 0 saturated heterocycles. The zero-order valence-corrected chi connectivity index (χ0v) is 19.6. The fourth-order valence-corrected chi connectivity index (χ4v) is 4.15. The summed E-state index contributed by atoms with van der Waals surface area (Å²) in [5.41, 5.74) is 2.80. The number of aromatic amines is 1. The fraction of sp³-hybridized carbons (Fsp3) is 0.0714. The van der Waals surface area contributed by atoms with Gasteiger partial charge in [-0.05, 0) is 48.5 Å². The van der Waals surface area contributed by atoms with Crippen molar-refractivity contribution in [3.63, 3.8) is 0 Å². The maximum Gasteiger partial charge on any atom is 0.258 e. The predicted molar refractivity (Wildman–Crippen MR) is 143 cm³/mol. The summed E-state index contributed by atoms with van der Waals surface area (Å²) in [6, 6.07) is 23.0. The summed E-state index contributed by atoms with van der Waals surface area (Å²) < 4.78 is 0. The number of anilines is 3. The molecule has 2 heterocycles. The number of hydrogen-bond acceptors (Lipinski definition) is 6. The highest BCUT2D eigenvalue weighted by molar-refractivity contribution is 6.16. The Morgan fingerprint density at radius 1 is 0.838 bits per heavy atom. The van der Waals surface area contributed by atoms with E-state index in [0.717, 1.165) is 5.69 Å². The molecule has 0 aliphatic carbocycles. The predicted octanol–water partition coefficient (Wildman–Crippen LogP) is 3.79. The van der Waals surface area contributed by atoms with Crippen molar-refractivity contribution < 1.29 is 14.7 Å².